The first-order valence-corrected chi connectivity index (χ1v) is 7.87. The van der Waals surface area contributed by atoms with E-state index in [0.717, 1.165) is 13.2 Å². The Hall–Kier alpha value is -0.860. The average molecular weight is 530 g/mol. The molecule has 1 atom stereocenters. The summed E-state index contributed by atoms with van der Waals surface area (Å²) < 4.78 is 148. The van der Waals surface area contributed by atoms with Crippen molar-refractivity contribution in [1.82, 2.24) is 0 Å². The predicted octanol–water partition coefficient (Wildman–Crippen LogP) is 6.47. The molecular formula is C14H10F11IO. The van der Waals surface area contributed by atoms with Gasteiger partial charge in [-0.3, -0.25) is 0 Å². The Kier molecular flexibility index (Phi) is 6.73. The molecule has 0 amide bonds. The third-order valence-electron chi connectivity index (χ3n) is 3.58. The number of benzene rings is 1. The normalized spacial score (nSPS) is 15.7. The van der Waals surface area contributed by atoms with Crippen LogP contribution in [0.2, 0.25) is 0 Å². The van der Waals surface area contributed by atoms with E-state index < -0.39 is 42.4 Å². The molecule has 1 rings (SSSR count). The van der Waals surface area contributed by atoms with Crippen LogP contribution in [-0.2, 0) is 4.74 Å². The number of hydrogen-bond acceptors (Lipinski definition) is 1. The molecule has 0 aromatic heterocycles. The molecule has 0 saturated carbocycles. The zero-order valence-corrected chi connectivity index (χ0v) is 15.2. The number of methoxy groups -OCH3 is 1. The van der Waals surface area contributed by atoms with Gasteiger partial charge < -0.3 is 4.74 Å². The van der Waals surface area contributed by atoms with Crippen molar-refractivity contribution in [2.24, 2.45) is 0 Å². The van der Waals surface area contributed by atoms with E-state index in [1.165, 1.54) is 18.2 Å². The molecule has 0 radical (unpaired) electrons. The summed E-state index contributed by atoms with van der Waals surface area (Å²) in [4.78, 5) is 0. The van der Waals surface area contributed by atoms with Crippen LogP contribution in [-0.4, -0.2) is 37.0 Å². The fourth-order valence-electron chi connectivity index (χ4n) is 2.02. The minimum Gasteiger partial charge on any atom is -0.376 e. The second kappa shape index (κ2) is 7.52. The summed E-state index contributed by atoms with van der Waals surface area (Å²) in [5.41, 5.74) is -0.165. The largest absolute Gasteiger partial charge is 0.460 e. The third kappa shape index (κ3) is 4.12. The molecule has 0 bridgehead atoms. The van der Waals surface area contributed by atoms with E-state index in [2.05, 4.69) is 4.74 Å². The van der Waals surface area contributed by atoms with Crippen molar-refractivity contribution in [3.8, 4) is 0 Å². The van der Waals surface area contributed by atoms with Gasteiger partial charge in [-0.2, -0.15) is 48.3 Å². The van der Waals surface area contributed by atoms with Gasteiger partial charge in [-0.25, -0.2) is 0 Å². The minimum absolute atomic E-state index is 0.165. The van der Waals surface area contributed by atoms with Crippen molar-refractivity contribution in [2.75, 3.05) is 7.11 Å². The lowest BCUT2D eigenvalue weighted by Crippen LogP contribution is -2.66. The van der Waals surface area contributed by atoms with E-state index in [1.54, 1.807) is 22.6 Å². The monoisotopic (exact) mass is 530 g/mol. The molecule has 0 aliphatic rings. The third-order valence-corrected chi connectivity index (χ3v) is 4.56. The zero-order chi connectivity index (χ0) is 21.5. The highest BCUT2D eigenvalue weighted by Crippen LogP contribution is 2.58. The van der Waals surface area contributed by atoms with E-state index in [4.69, 9.17) is 0 Å². The van der Waals surface area contributed by atoms with Crippen molar-refractivity contribution in [1.29, 1.82) is 0 Å². The molecule has 0 aliphatic heterocycles. The van der Waals surface area contributed by atoms with Crippen molar-refractivity contribution < 1.29 is 53.0 Å². The topological polar surface area (TPSA) is 9.23 Å². The van der Waals surface area contributed by atoms with Gasteiger partial charge >= 0.3 is 29.9 Å². The van der Waals surface area contributed by atoms with Gasteiger partial charge in [0.05, 0.1) is 6.10 Å². The van der Waals surface area contributed by atoms with Gasteiger partial charge in [0.1, 0.15) is 0 Å². The summed E-state index contributed by atoms with van der Waals surface area (Å²) in [7, 11) is 0.754. The molecule has 27 heavy (non-hydrogen) atoms. The average Bonchev–Trinajstić information content (AvgIpc) is 2.51. The van der Waals surface area contributed by atoms with Crippen LogP contribution in [0.1, 0.15) is 18.1 Å². The molecule has 0 N–H and O–H groups in total. The van der Waals surface area contributed by atoms with Crippen LogP contribution < -0.4 is 0 Å². The molecule has 13 heteroatoms. The Morgan fingerprint density at radius 1 is 0.815 bits per heavy atom. The quantitative estimate of drug-likeness (QED) is 0.290. The Morgan fingerprint density at radius 2 is 1.30 bits per heavy atom. The number of alkyl halides is 11. The maximum atomic E-state index is 13.9. The minimum atomic E-state index is -7.41. The van der Waals surface area contributed by atoms with Gasteiger partial charge in [-0.1, -0.05) is 18.2 Å². The lowest BCUT2D eigenvalue weighted by molar-refractivity contribution is -0.423. The van der Waals surface area contributed by atoms with Crippen molar-refractivity contribution >= 4 is 22.6 Å². The molecule has 1 nitrogen and oxygen atoms in total. The Labute approximate surface area is 159 Å². The van der Waals surface area contributed by atoms with Crippen LogP contribution in [0.5, 0.6) is 0 Å². The Morgan fingerprint density at radius 3 is 1.70 bits per heavy atom. The SMILES string of the molecule is COC(CC(F)(F)C(F)(F)C(F)(F)C(F)(F)C(F)(F)F)c1ccccc1I. The van der Waals surface area contributed by atoms with E-state index in [-0.39, 0.29) is 9.13 Å². The molecule has 0 saturated heterocycles. The van der Waals surface area contributed by atoms with Crippen LogP contribution in [0.15, 0.2) is 24.3 Å². The van der Waals surface area contributed by atoms with E-state index >= 15 is 0 Å². The van der Waals surface area contributed by atoms with Gasteiger partial charge in [0, 0.05) is 17.1 Å². The summed E-state index contributed by atoms with van der Waals surface area (Å²) in [6.07, 6.45) is -11.4. The summed E-state index contributed by atoms with van der Waals surface area (Å²) in [6, 6.07) is 5.13. The second-order valence-electron chi connectivity index (χ2n) is 5.38. The number of hydrogen-bond donors (Lipinski definition) is 0. The second-order valence-corrected chi connectivity index (χ2v) is 6.54. The molecule has 0 fully saturated rings. The lowest BCUT2D eigenvalue weighted by Gasteiger charge is -2.38. The predicted molar refractivity (Wildman–Crippen MR) is 79.4 cm³/mol. The fraction of sp³-hybridized carbons (Fsp3) is 0.571. The van der Waals surface area contributed by atoms with Gasteiger partial charge in [-0.15, -0.1) is 0 Å². The molecule has 0 heterocycles. The Balaban J connectivity index is 3.33. The first kappa shape index (κ1) is 24.2. The molecule has 0 aliphatic carbocycles. The number of rotatable bonds is 7. The van der Waals surface area contributed by atoms with Crippen LogP contribution in [0, 0.1) is 3.57 Å². The molecule has 156 valence electrons. The van der Waals surface area contributed by atoms with Gasteiger partial charge in [0.2, 0.25) is 0 Å². The van der Waals surface area contributed by atoms with E-state index in [0.29, 0.717) is 0 Å². The fourth-order valence-corrected chi connectivity index (χ4v) is 2.76. The number of halogens is 12. The molecule has 1 unspecified atom stereocenters. The van der Waals surface area contributed by atoms with Crippen LogP contribution in [0.25, 0.3) is 0 Å². The van der Waals surface area contributed by atoms with E-state index in [9.17, 15) is 48.3 Å². The Bertz CT molecular complexity index is 657. The van der Waals surface area contributed by atoms with Gasteiger partial charge in [0.15, 0.2) is 0 Å². The van der Waals surface area contributed by atoms with Crippen LogP contribution in [0.3, 0.4) is 0 Å². The van der Waals surface area contributed by atoms with Crippen LogP contribution >= 0.6 is 22.6 Å². The van der Waals surface area contributed by atoms with Crippen molar-refractivity contribution in [2.45, 2.75) is 42.4 Å². The molecular weight excluding hydrogens is 520 g/mol. The van der Waals surface area contributed by atoms with Gasteiger partial charge in [-0.05, 0) is 34.2 Å². The summed E-state index contributed by atoms with van der Waals surface area (Å²) in [5, 5.41) is 0. The van der Waals surface area contributed by atoms with Crippen molar-refractivity contribution in [3.05, 3.63) is 33.4 Å². The first-order valence-electron chi connectivity index (χ1n) is 6.79. The first-order chi connectivity index (χ1) is 11.9. The zero-order valence-electron chi connectivity index (χ0n) is 13.0. The summed E-state index contributed by atoms with van der Waals surface area (Å²) >= 11 is 1.58. The highest BCUT2D eigenvalue weighted by Gasteiger charge is 2.87. The standard InChI is InChI=1S/C14H10F11IO/c1-27-9(7-4-2-3-5-8(7)26)6-10(15,16)11(17,18)12(19,20)13(21,22)14(23,24)25/h2-5,9H,6H2,1H3. The molecule has 1 aromatic rings. The maximum absolute atomic E-state index is 13.9. The smallest absolute Gasteiger partial charge is 0.376 e. The summed E-state index contributed by atoms with van der Waals surface area (Å²) in [5.74, 6) is -27.8. The van der Waals surface area contributed by atoms with E-state index in [1.807, 2.05) is 0 Å². The number of ether oxygens (including phenoxy) is 1. The van der Waals surface area contributed by atoms with Crippen LogP contribution in [0.4, 0.5) is 48.3 Å². The summed E-state index contributed by atoms with van der Waals surface area (Å²) in [6.45, 7) is 0. The molecule has 1 aromatic carbocycles. The molecule has 0 spiro atoms. The van der Waals surface area contributed by atoms with Gasteiger partial charge in [0.25, 0.3) is 0 Å². The highest BCUT2D eigenvalue weighted by atomic mass is 127. The lowest BCUT2D eigenvalue weighted by atomic mass is 9.92. The van der Waals surface area contributed by atoms with Crippen molar-refractivity contribution in [3.63, 3.8) is 0 Å². The highest BCUT2D eigenvalue weighted by molar-refractivity contribution is 14.1. The maximum Gasteiger partial charge on any atom is 0.460 e.